The van der Waals surface area contributed by atoms with Crippen molar-refractivity contribution in [1.29, 1.82) is 0 Å². The van der Waals surface area contributed by atoms with Gasteiger partial charge in [0.25, 0.3) is 5.91 Å². The van der Waals surface area contributed by atoms with E-state index in [1.807, 2.05) is 0 Å². The molecule has 2 nitrogen and oxygen atoms in total. The first kappa shape index (κ1) is 13.2. The van der Waals surface area contributed by atoms with Gasteiger partial charge < -0.3 is 4.90 Å². The molecule has 0 radical (unpaired) electrons. The van der Waals surface area contributed by atoms with Crippen LogP contribution in [0.4, 0.5) is 13.2 Å². The molecule has 0 aromatic heterocycles. The number of amides is 1. The Balaban J connectivity index is 2.27. The van der Waals surface area contributed by atoms with E-state index in [0.29, 0.717) is 13.1 Å². The van der Waals surface area contributed by atoms with Gasteiger partial charge in [0.1, 0.15) is 0 Å². The number of hydrogen-bond acceptors (Lipinski definition) is 1. The van der Waals surface area contributed by atoms with E-state index >= 15 is 0 Å². The van der Waals surface area contributed by atoms with E-state index in [2.05, 4.69) is 0 Å². The molecule has 1 heterocycles. The molecule has 98 valence electrons. The SMILES string of the molecule is O=C(c1ccc(C(F)(F)F)cc1Cl)N1CCCC1. The van der Waals surface area contributed by atoms with Gasteiger partial charge in [0.05, 0.1) is 16.1 Å². The normalized spacial score (nSPS) is 16.1. The highest BCUT2D eigenvalue weighted by Crippen LogP contribution is 2.32. The molecule has 1 aromatic carbocycles. The summed E-state index contributed by atoms with van der Waals surface area (Å²) >= 11 is 5.76. The van der Waals surface area contributed by atoms with Crippen LogP contribution in [0.3, 0.4) is 0 Å². The Labute approximate surface area is 107 Å². The number of carbonyl (C=O) groups excluding carboxylic acids is 1. The van der Waals surface area contributed by atoms with Crippen LogP contribution in [0.15, 0.2) is 18.2 Å². The minimum absolute atomic E-state index is 0.131. The molecule has 0 unspecified atom stereocenters. The van der Waals surface area contributed by atoms with E-state index in [9.17, 15) is 18.0 Å². The lowest BCUT2D eigenvalue weighted by molar-refractivity contribution is -0.137. The topological polar surface area (TPSA) is 20.3 Å². The molecule has 1 saturated heterocycles. The number of nitrogens with zero attached hydrogens (tertiary/aromatic N) is 1. The highest BCUT2D eigenvalue weighted by atomic mass is 35.5. The molecule has 1 amide bonds. The first-order valence-electron chi connectivity index (χ1n) is 5.55. The lowest BCUT2D eigenvalue weighted by Crippen LogP contribution is -2.27. The predicted octanol–water partition coefficient (Wildman–Crippen LogP) is 3.59. The van der Waals surface area contributed by atoms with E-state index in [1.165, 1.54) is 0 Å². The highest BCUT2D eigenvalue weighted by molar-refractivity contribution is 6.33. The van der Waals surface area contributed by atoms with Crippen LogP contribution in [-0.2, 0) is 6.18 Å². The van der Waals surface area contributed by atoms with E-state index in [4.69, 9.17) is 11.6 Å². The summed E-state index contributed by atoms with van der Waals surface area (Å²) in [4.78, 5) is 13.6. The van der Waals surface area contributed by atoms with Gasteiger partial charge in [-0.25, -0.2) is 0 Å². The molecule has 0 aliphatic carbocycles. The van der Waals surface area contributed by atoms with Gasteiger partial charge in [0.15, 0.2) is 0 Å². The smallest absolute Gasteiger partial charge is 0.339 e. The zero-order valence-electron chi connectivity index (χ0n) is 9.43. The van der Waals surface area contributed by atoms with Crippen LogP contribution in [0.2, 0.25) is 5.02 Å². The predicted molar refractivity (Wildman–Crippen MR) is 61.6 cm³/mol. The van der Waals surface area contributed by atoms with Crippen LogP contribution in [0.5, 0.6) is 0 Å². The van der Waals surface area contributed by atoms with Crippen molar-refractivity contribution in [2.24, 2.45) is 0 Å². The van der Waals surface area contributed by atoms with E-state index < -0.39 is 11.7 Å². The van der Waals surface area contributed by atoms with Gasteiger partial charge in [-0.1, -0.05) is 11.6 Å². The Hall–Kier alpha value is -1.23. The van der Waals surface area contributed by atoms with E-state index in [1.54, 1.807) is 4.90 Å². The number of halogens is 4. The molecular weight excluding hydrogens is 267 g/mol. The Morgan fingerprint density at radius 2 is 1.83 bits per heavy atom. The molecule has 1 aromatic rings. The largest absolute Gasteiger partial charge is 0.416 e. The maximum absolute atomic E-state index is 12.4. The molecule has 18 heavy (non-hydrogen) atoms. The number of benzene rings is 1. The second-order valence-electron chi connectivity index (χ2n) is 4.19. The molecule has 0 atom stereocenters. The Kier molecular flexibility index (Phi) is 3.52. The maximum atomic E-state index is 12.4. The summed E-state index contributed by atoms with van der Waals surface area (Å²) in [5.41, 5.74) is -0.711. The zero-order chi connectivity index (χ0) is 13.3. The third kappa shape index (κ3) is 2.61. The molecule has 2 rings (SSSR count). The lowest BCUT2D eigenvalue weighted by atomic mass is 10.1. The lowest BCUT2D eigenvalue weighted by Gasteiger charge is -2.16. The molecule has 1 fully saturated rings. The minimum atomic E-state index is -4.45. The fourth-order valence-corrected chi connectivity index (χ4v) is 2.22. The van der Waals surface area contributed by atoms with Gasteiger partial charge in [-0.05, 0) is 31.0 Å². The van der Waals surface area contributed by atoms with Crippen LogP contribution in [0, 0.1) is 0 Å². The number of rotatable bonds is 1. The Morgan fingerprint density at radius 3 is 2.33 bits per heavy atom. The van der Waals surface area contributed by atoms with Gasteiger partial charge in [0.2, 0.25) is 0 Å². The van der Waals surface area contributed by atoms with Crippen molar-refractivity contribution in [2.75, 3.05) is 13.1 Å². The summed E-state index contributed by atoms with van der Waals surface area (Å²) in [7, 11) is 0. The first-order chi connectivity index (χ1) is 8.39. The van der Waals surface area contributed by atoms with Crippen LogP contribution < -0.4 is 0 Å². The minimum Gasteiger partial charge on any atom is -0.339 e. The van der Waals surface area contributed by atoms with Crippen molar-refractivity contribution in [1.82, 2.24) is 4.90 Å². The molecular formula is C12H11ClF3NO. The monoisotopic (exact) mass is 277 g/mol. The highest BCUT2D eigenvalue weighted by Gasteiger charge is 2.32. The second-order valence-corrected chi connectivity index (χ2v) is 4.60. The standard InChI is InChI=1S/C12H11ClF3NO/c13-10-7-8(12(14,15)16)3-4-9(10)11(18)17-5-1-2-6-17/h3-4,7H,1-2,5-6H2. The van der Waals surface area contributed by atoms with Crippen LogP contribution in [0.1, 0.15) is 28.8 Å². The van der Waals surface area contributed by atoms with Crippen LogP contribution in [-0.4, -0.2) is 23.9 Å². The van der Waals surface area contributed by atoms with Crippen LogP contribution >= 0.6 is 11.6 Å². The van der Waals surface area contributed by atoms with Crippen molar-refractivity contribution in [3.8, 4) is 0 Å². The summed E-state index contributed by atoms with van der Waals surface area (Å²) in [5, 5.41) is -0.151. The van der Waals surface area contributed by atoms with Crippen molar-refractivity contribution < 1.29 is 18.0 Å². The molecule has 0 saturated carbocycles. The summed E-state index contributed by atoms with van der Waals surface area (Å²) in [6.45, 7) is 1.27. The fraction of sp³-hybridized carbons (Fsp3) is 0.417. The number of alkyl halides is 3. The van der Waals surface area contributed by atoms with Gasteiger partial charge in [-0.3, -0.25) is 4.79 Å². The van der Waals surface area contributed by atoms with Crippen molar-refractivity contribution in [3.05, 3.63) is 34.3 Å². The van der Waals surface area contributed by atoms with E-state index in [-0.39, 0.29) is 16.5 Å². The van der Waals surface area contributed by atoms with Gasteiger partial charge in [-0.2, -0.15) is 13.2 Å². The molecule has 0 spiro atoms. The molecule has 1 aliphatic heterocycles. The number of likely N-dealkylation sites (tertiary alicyclic amines) is 1. The Bertz CT molecular complexity index is 467. The van der Waals surface area contributed by atoms with Crippen LogP contribution in [0.25, 0.3) is 0 Å². The number of carbonyl (C=O) groups is 1. The molecule has 0 bridgehead atoms. The third-order valence-corrected chi connectivity index (χ3v) is 3.23. The first-order valence-corrected chi connectivity index (χ1v) is 5.93. The third-order valence-electron chi connectivity index (χ3n) is 2.92. The summed E-state index contributed by atoms with van der Waals surface area (Å²) in [6, 6.07) is 2.83. The fourth-order valence-electron chi connectivity index (χ4n) is 1.96. The van der Waals surface area contributed by atoms with Gasteiger partial charge >= 0.3 is 6.18 Å². The van der Waals surface area contributed by atoms with Crippen molar-refractivity contribution in [3.63, 3.8) is 0 Å². The summed E-state index contributed by atoms with van der Waals surface area (Å²) < 4.78 is 37.3. The molecule has 0 N–H and O–H groups in total. The zero-order valence-corrected chi connectivity index (χ0v) is 10.2. The quantitative estimate of drug-likeness (QED) is 0.768. The van der Waals surface area contributed by atoms with Gasteiger partial charge in [-0.15, -0.1) is 0 Å². The maximum Gasteiger partial charge on any atom is 0.416 e. The second kappa shape index (κ2) is 4.80. The average molecular weight is 278 g/mol. The molecule has 6 heteroatoms. The summed E-state index contributed by atoms with van der Waals surface area (Å²) in [6.07, 6.45) is -2.60. The van der Waals surface area contributed by atoms with Crippen molar-refractivity contribution >= 4 is 17.5 Å². The average Bonchev–Trinajstić information content (AvgIpc) is 2.80. The number of hydrogen-bond donors (Lipinski definition) is 0. The molecule has 1 aliphatic rings. The summed E-state index contributed by atoms with van der Waals surface area (Å²) in [5.74, 6) is -0.300. The van der Waals surface area contributed by atoms with Crippen molar-refractivity contribution in [2.45, 2.75) is 19.0 Å². The van der Waals surface area contributed by atoms with E-state index in [0.717, 1.165) is 31.0 Å². The van der Waals surface area contributed by atoms with Gasteiger partial charge in [0, 0.05) is 13.1 Å². The Morgan fingerprint density at radius 1 is 1.22 bits per heavy atom.